The van der Waals surface area contributed by atoms with Gasteiger partial charge in [0.1, 0.15) is 11.5 Å². The van der Waals surface area contributed by atoms with Gasteiger partial charge >= 0.3 is 0 Å². The summed E-state index contributed by atoms with van der Waals surface area (Å²) in [5.74, 6) is 0.0160. The fraction of sp³-hybridized carbons (Fsp3) is 0.222. The van der Waals surface area contributed by atoms with E-state index in [1.54, 1.807) is 0 Å². The summed E-state index contributed by atoms with van der Waals surface area (Å²) < 4.78 is 5.80. The number of rotatable bonds is 4. The summed E-state index contributed by atoms with van der Waals surface area (Å²) in [7, 11) is 0. The van der Waals surface area contributed by atoms with Crippen molar-refractivity contribution in [2.24, 2.45) is 0 Å². The fourth-order valence-corrected chi connectivity index (χ4v) is 2.67. The molecule has 0 aromatic heterocycles. The third kappa shape index (κ3) is 3.35. The first kappa shape index (κ1) is 16.6. The number of hydrogen-bond acceptors (Lipinski definition) is 5. The lowest BCUT2D eigenvalue weighted by Crippen LogP contribution is -2.28. The second-order valence-electron chi connectivity index (χ2n) is 5.94. The number of hydrogen-bond donors (Lipinski definition) is 0. The Morgan fingerprint density at radius 1 is 1.04 bits per heavy atom. The van der Waals surface area contributed by atoms with Crippen LogP contribution in [-0.2, 0) is 9.59 Å². The highest BCUT2D eigenvalue weighted by Gasteiger charge is 2.31. The molecule has 0 unspecified atom stereocenters. The molecule has 0 aliphatic carbocycles. The lowest BCUT2D eigenvalue weighted by molar-refractivity contribution is -0.384. The van der Waals surface area contributed by atoms with E-state index >= 15 is 0 Å². The third-order valence-electron chi connectivity index (χ3n) is 3.97. The molecule has 1 aliphatic rings. The van der Waals surface area contributed by atoms with Crippen molar-refractivity contribution >= 4 is 23.2 Å². The zero-order chi connectivity index (χ0) is 18.1. The van der Waals surface area contributed by atoms with Crippen molar-refractivity contribution in [3.05, 3.63) is 57.6 Å². The van der Waals surface area contributed by atoms with Gasteiger partial charge in [-0.3, -0.25) is 24.6 Å². The van der Waals surface area contributed by atoms with Gasteiger partial charge in [-0.1, -0.05) is 12.1 Å². The molecular weight excluding hydrogens is 324 g/mol. The number of benzene rings is 2. The molecule has 128 valence electrons. The van der Waals surface area contributed by atoms with Gasteiger partial charge in [0.05, 0.1) is 16.7 Å². The number of non-ortho nitro benzene ring substituents is 1. The predicted molar refractivity (Wildman–Crippen MR) is 90.8 cm³/mol. The van der Waals surface area contributed by atoms with E-state index in [-0.39, 0.29) is 41.8 Å². The Hall–Kier alpha value is -3.22. The van der Waals surface area contributed by atoms with Gasteiger partial charge in [-0.2, -0.15) is 0 Å². The molecule has 1 heterocycles. The van der Waals surface area contributed by atoms with Crippen molar-refractivity contribution in [1.29, 1.82) is 0 Å². The van der Waals surface area contributed by atoms with Gasteiger partial charge in [0, 0.05) is 25.0 Å². The van der Waals surface area contributed by atoms with Gasteiger partial charge in [0.15, 0.2) is 0 Å². The van der Waals surface area contributed by atoms with Crippen molar-refractivity contribution in [2.45, 2.75) is 26.7 Å². The second-order valence-corrected chi connectivity index (χ2v) is 5.94. The lowest BCUT2D eigenvalue weighted by atomic mass is 10.1. The minimum atomic E-state index is -0.579. The van der Waals surface area contributed by atoms with Crippen molar-refractivity contribution in [2.75, 3.05) is 4.90 Å². The summed E-state index contributed by atoms with van der Waals surface area (Å²) in [5.41, 5.74) is 1.76. The molecule has 0 radical (unpaired) electrons. The van der Waals surface area contributed by atoms with Crippen molar-refractivity contribution in [3.63, 3.8) is 0 Å². The van der Waals surface area contributed by atoms with E-state index in [9.17, 15) is 19.7 Å². The first-order valence-electron chi connectivity index (χ1n) is 7.75. The van der Waals surface area contributed by atoms with Crippen LogP contribution in [0, 0.1) is 24.0 Å². The molecule has 25 heavy (non-hydrogen) atoms. The molecule has 0 saturated carbocycles. The largest absolute Gasteiger partial charge is 0.457 e. The van der Waals surface area contributed by atoms with Crippen LogP contribution in [0.2, 0.25) is 0 Å². The molecule has 2 amide bonds. The van der Waals surface area contributed by atoms with Crippen molar-refractivity contribution in [1.82, 2.24) is 0 Å². The van der Waals surface area contributed by atoms with Gasteiger partial charge < -0.3 is 4.74 Å². The number of nitro benzene ring substituents is 1. The summed E-state index contributed by atoms with van der Waals surface area (Å²) >= 11 is 0. The van der Waals surface area contributed by atoms with Crippen LogP contribution < -0.4 is 9.64 Å². The van der Waals surface area contributed by atoms with E-state index in [1.165, 1.54) is 18.2 Å². The Morgan fingerprint density at radius 2 is 1.72 bits per heavy atom. The highest BCUT2D eigenvalue weighted by Crippen LogP contribution is 2.34. The normalized spacial score (nSPS) is 14.1. The number of anilines is 1. The molecule has 3 rings (SSSR count). The van der Waals surface area contributed by atoms with Crippen LogP contribution in [0.3, 0.4) is 0 Å². The molecule has 0 spiro atoms. The number of carbonyl (C=O) groups is 2. The molecule has 7 heteroatoms. The van der Waals surface area contributed by atoms with Gasteiger partial charge in [0.25, 0.3) is 5.69 Å². The van der Waals surface area contributed by atoms with Crippen LogP contribution in [0.15, 0.2) is 36.4 Å². The Bertz CT molecular complexity index is 875. The quantitative estimate of drug-likeness (QED) is 0.481. The number of carbonyl (C=O) groups excluding carboxylic acids is 2. The summed E-state index contributed by atoms with van der Waals surface area (Å²) in [4.78, 5) is 35.5. The number of ether oxygens (including phenoxy) is 1. The zero-order valence-corrected chi connectivity index (χ0v) is 13.8. The van der Waals surface area contributed by atoms with Crippen LogP contribution in [0.5, 0.6) is 11.5 Å². The number of imide groups is 1. The maximum absolute atomic E-state index is 11.9. The van der Waals surface area contributed by atoms with Crippen molar-refractivity contribution < 1.29 is 19.2 Å². The smallest absolute Gasteiger partial charge is 0.275 e. The molecule has 2 aromatic carbocycles. The summed E-state index contributed by atoms with van der Waals surface area (Å²) in [5, 5.41) is 11.2. The highest BCUT2D eigenvalue weighted by molar-refractivity contribution is 6.20. The van der Waals surface area contributed by atoms with Crippen LogP contribution >= 0.6 is 0 Å². The maximum Gasteiger partial charge on any atom is 0.275 e. The Morgan fingerprint density at radius 3 is 2.36 bits per heavy atom. The van der Waals surface area contributed by atoms with Crippen molar-refractivity contribution in [3.8, 4) is 11.5 Å². The van der Waals surface area contributed by atoms with Gasteiger partial charge in [-0.15, -0.1) is 0 Å². The van der Waals surface area contributed by atoms with E-state index in [0.717, 1.165) is 16.0 Å². The minimum absolute atomic E-state index is 0.106. The molecule has 0 N–H and O–H groups in total. The lowest BCUT2D eigenvalue weighted by Gasteiger charge is -2.16. The number of aryl methyl sites for hydroxylation is 2. The van der Waals surface area contributed by atoms with Crippen LogP contribution in [0.1, 0.15) is 24.0 Å². The first-order valence-corrected chi connectivity index (χ1v) is 7.75. The summed E-state index contributed by atoms with van der Waals surface area (Å²) in [6, 6.07) is 9.59. The van der Waals surface area contributed by atoms with E-state index in [1.807, 2.05) is 32.0 Å². The number of nitrogens with zero attached hydrogens (tertiary/aromatic N) is 2. The Labute approximate surface area is 144 Å². The zero-order valence-electron chi connectivity index (χ0n) is 13.8. The third-order valence-corrected chi connectivity index (χ3v) is 3.97. The SMILES string of the molecule is Cc1ccc(C)c(Oc2cc(N3C(=O)CCC3=O)cc([N+](=O)[O-])c2)c1. The number of amides is 2. The predicted octanol–water partition coefficient (Wildman–Crippen LogP) is 3.66. The Balaban J connectivity index is 2.04. The first-order chi connectivity index (χ1) is 11.8. The van der Waals surface area contributed by atoms with E-state index in [2.05, 4.69) is 0 Å². The van der Waals surface area contributed by atoms with Gasteiger partial charge in [-0.05, 0) is 31.0 Å². The molecule has 0 atom stereocenters. The van der Waals surface area contributed by atoms with Crippen LogP contribution in [0.4, 0.5) is 11.4 Å². The van der Waals surface area contributed by atoms with E-state index in [4.69, 9.17) is 4.74 Å². The molecule has 1 aliphatic heterocycles. The highest BCUT2D eigenvalue weighted by atomic mass is 16.6. The fourth-order valence-electron chi connectivity index (χ4n) is 2.67. The average Bonchev–Trinajstić information content (AvgIpc) is 2.89. The van der Waals surface area contributed by atoms with Crippen LogP contribution in [0.25, 0.3) is 0 Å². The topological polar surface area (TPSA) is 89.8 Å². The molecular formula is C18H16N2O5. The average molecular weight is 340 g/mol. The summed E-state index contributed by atoms with van der Waals surface area (Å²) in [6.45, 7) is 3.77. The molecule has 2 aromatic rings. The molecule has 1 fully saturated rings. The maximum atomic E-state index is 11.9. The standard InChI is InChI=1S/C18H16N2O5/c1-11-3-4-12(2)16(7-11)25-15-9-13(8-14(10-15)20(23)24)19-17(21)5-6-18(19)22/h3-4,7-10H,5-6H2,1-2H3. The molecule has 7 nitrogen and oxygen atoms in total. The van der Waals surface area contributed by atoms with Gasteiger partial charge in [0.2, 0.25) is 11.8 Å². The number of nitro groups is 1. The summed E-state index contributed by atoms with van der Waals surface area (Å²) in [6.07, 6.45) is 0.212. The van der Waals surface area contributed by atoms with E-state index in [0.29, 0.717) is 5.75 Å². The van der Waals surface area contributed by atoms with Gasteiger partial charge in [-0.25, -0.2) is 0 Å². The van der Waals surface area contributed by atoms with E-state index < -0.39 is 4.92 Å². The molecule has 1 saturated heterocycles. The second kappa shape index (κ2) is 6.35. The minimum Gasteiger partial charge on any atom is -0.457 e. The monoisotopic (exact) mass is 340 g/mol. The van der Waals surface area contributed by atoms with Crippen LogP contribution in [-0.4, -0.2) is 16.7 Å². The molecule has 0 bridgehead atoms. The Kier molecular flexibility index (Phi) is 4.22.